The number of allylic oxidation sites excluding steroid dienone is 1. The average molecular weight is 304 g/mol. The van der Waals surface area contributed by atoms with Crippen LogP contribution in [0.2, 0.25) is 0 Å². The van der Waals surface area contributed by atoms with Crippen LogP contribution >= 0.6 is 12.2 Å². The second kappa shape index (κ2) is 5.43. The fourth-order valence-corrected chi connectivity index (χ4v) is 3.19. The Morgan fingerprint density at radius 3 is 2.71 bits per heavy atom. The van der Waals surface area contributed by atoms with Crippen molar-refractivity contribution in [1.29, 1.82) is 0 Å². The van der Waals surface area contributed by atoms with Gasteiger partial charge in [0.15, 0.2) is 0 Å². The van der Waals surface area contributed by atoms with Gasteiger partial charge in [-0.1, -0.05) is 30.4 Å². The SMILES string of the molecule is C=C(C)[C@H]1CC(OC(=S)Oc2ccccc2)[C@]2(C)OC2C1. The highest BCUT2D eigenvalue weighted by atomic mass is 32.1. The minimum atomic E-state index is -0.226. The van der Waals surface area contributed by atoms with E-state index in [9.17, 15) is 0 Å². The van der Waals surface area contributed by atoms with Crippen molar-refractivity contribution >= 4 is 17.5 Å². The molecule has 2 unspecified atom stereocenters. The molecule has 0 spiro atoms. The minimum Gasteiger partial charge on any atom is -0.450 e. The molecule has 4 atom stereocenters. The van der Waals surface area contributed by atoms with Crippen LogP contribution in [0.25, 0.3) is 0 Å². The van der Waals surface area contributed by atoms with E-state index in [1.807, 2.05) is 30.3 Å². The Kier molecular flexibility index (Phi) is 3.76. The van der Waals surface area contributed by atoms with E-state index in [1.54, 1.807) is 0 Å². The van der Waals surface area contributed by atoms with Crippen LogP contribution in [0.5, 0.6) is 5.75 Å². The first-order chi connectivity index (χ1) is 9.99. The molecular weight excluding hydrogens is 284 g/mol. The fourth-order valence-electron chi connectivity index (χ4n) is 2.98. The molecule has 1 aromatic rings. The van der Waals surface area contributed by atoms with Crippen molar-refractivity contribution in [3.8, 4) is 5.75 Å². The Labute approximate surface area is 130 Å². The number of thiocarbonyl (C=S) groups is 1. The second-order valence-electron chi connectivity index (χ2n) is 6.08. The van der Waals surface area contributed by atoms with Gasteiger partial charge in [-0.15, -0.1) is 0 Å². The van der Waals surface area contributed by atoms with Gasteiger partial charge in [-0.2, -0.15) is 0 Å². The second-order valence-corrected chi connectivity index (χ2v) is 6.41. The summed E-state index contributed by atoms with van der Waals surface area (Å²) in [6.45, 7) is 8.21. The zero-order chi connectivity index (χ0) is 15.0. The molecule has 1 saturated heterocycles. The van der Waals surface area contributed by atoms with Gasteiger partial charge in [-0.25, -0.2) is 0 Å². The summed E-state index contributed by atoms with van der Waals surface area (Å²) < 4.78 is 17.3. The van der Waals surface area contributed by atoms with E-state index in [0.29, 0.717) is 11.7 Å². The normalized spacial score (nSPS) is 33.7. The molecule has 1 aromatic carbocycles. The summed E-state index contributed by atoms with van der Waals surface area (Å²) in [5.41, 5.74) is 0.951. The number of benzene rings is 1. The standard InChI is InChI=1S/C17H20O3S/c1-11(2)12-9-14(17(3)15(10-12)20-17)19-16(21)18-13-7-5-4-6-8-13/h4-8,12,14-15H,1,9-10H2,2-3H3/t12-,14?,15?,17-/m0/s1. The van der Waals surface area contributed by atoms with Crippen molar-refractivity contribution in [3.05, 3.63) is 42.5 Å². The molecule has 1 aliphatic carbocycles. The molecule has 0 amide bonds. The van der Waals surface area contributed by atoms with Crippen LogP contribution in [0, 0.1) is 5.92 Å². The van der Waals surface area contributed by atoms with E-state index in [1.165, 1.54) is 5.57 Å². The first kappa shape index (κ1) is 14.5. The molecule has 3 nitrogen and oxygen atoms in total. The lowest BCUT2D eigenvalue weighted by molar-refractivity contribution is 0.0598. The van der Waals surface area contributed by atoms with E-state index in [2.05, 4.69) is 20.4 Å². The van der Waals surface area contributed by atoms with Crippen LogP contribution in [0.15, 0.2) is 42.5 Å². The first-order valence-electron chi connectivity index (χ1n) is 7.26. The van der Waals surface area contributed by atoms with Gasteiger partial charge in [-0.3, -0.25) is 0 Å². The molecule has 0 bridgehead atoms. The van der Waals surface area contributed by atoms with Crippen molar-refractivity contribution in [1.82, 2.24) is 0 Å². The molecule has 4 heteroatoms. The summed E-state index contributed by atoms with van der Waals surface area (Å²) in [5.74, 6) is 1.11. The molecule has 1 aliphatic heterocycles. The number of fused-ring (bicyclic) bond motifs is 1. The van der Waals surface area contributed by atoms with Crippen LogP contribution in [0.3, 0.4) is 0 Å². The molecule has 1 heterocycles. The quantitative estimate of drug-likeness (QED) is 0.482. The van der Waals surface area contributed by atoms with Crippen molar-refractivity contribution in [3.63, 3.8) is 0 Å². The van der Waals surface area contributed by atoms with Crippen LogP contribution in [-0.4, -0.2) is 23.0 Å². The lowest BCUT2D eigenvalue weighted by Gasteiger charge is -2.31. The van der Waals surface area contributed by atoms with Gasteiger partial charge in [0.1, 0.15) is 17.5 Å². The topological polar surface area (TPSA) is 31.0 Å². The van der Waals surface area contributed by atoms with Gasteiger partial charge in [0.2, 0.25) is 0 Å². The number of hydrogen-bond donors (Lipinski definition) is 0. The predicted molar refractivity (Wildman–Crippen MR) is 85.4 cm³/mol. The highest BCUT2D eigenvalue weighted by Gasteiger charge is 2.63. The summed E-state index contributed by atoms with van der Waals surface area (Å²) in [6.07, 6.45) is 2.07. The molecule has 2 fully saturated rings. The highest BCUT2D eigenvalue weighted by molar-refractivity contribution is 7.79. The van der Waals surface area contributed by atoms with E-state index in [0.717, 1.165) is 12.8 Å². The molecule has 2 aliphatic rings. The van der Waals surface area contributed by atoms with Crippen LogP contribution in [0.4, 0.5) is 0 Å². The number of rotatable bonds is 3. The van der Waals surface area contributed by atoms with Gasteiger partial charge < -0.3 is 14.2 Å². The Morgan fingerprint density at radius 2 is 2.05 bits per heavy atom. The van der Waals surface area contributed by atoms with Gasteiger partial charge >= 0.3 is 5.24 Å². The summed E-state index contributed by atoms with van der Waals surface area (Å²) in [5, 5.41) is 0.157. The smallest absolute Gasteiger partial charge is 0.358 e. The van der Waals surface area contributed by atoms with E-state index in [-0.39, 0.29) is 23.0 Å². The lowest BCUT2D eigenvalue weighted by atomic mass is 9.78. The maximum Gasteiger partial charge on any atom is 0.358 e. The molecule has 1 saturated carbocycles. The summed E-state index contributed by atoms with van der Waals surface area (Å²) >= 11 is 5.22. The van der Waals surface area contributed by atoms with Gasteiger partial charge in [0.25, 0.3) is 0 Å². The number of ether oxygens (including phenoxy) is 3. The zero-order valence-corrected chi connectivity index (χ0v) is 13.2. The molecule has 3 rings (SSSR count). The van der Waals surface area contributed by atoms with E-state index >= 15 is 0 Å². The van der Waals surface area contributed by atoms with Gasteiger partial charge in [-0.05, 0) is 44.7 Å². The summed E-state index contributed by atoms with van der Waals surface area (Å²) in [7, 11) is 0. The molecule has 0 aromatic heterocycles. The molecular formula is C17H20O3S. The molecule has 0 N–H and O–H groups in total. The molecule has 21 heavy (non-hydrogen) atoms. The summed E-state index contributed by atoms with van der Waals surface area (Å²) in [6, 6.07) is 9.43. The van der Waals surface area contributed by atoms with Crippen molar-refractivity contribution < 1.29 is 14.2 Å². The number of hydrogen-bond acceptors (Lipinski definition) is 4. The maximum absolute atomic E-state index is 5.88. The third-order valence-electron chi connectivity index (χ3n) is 4.49. The Hall–Kier alpha value is -1.39. The maximum atomic E-state index is 5.88. The molecule has 112 valence electrons. The predicted octanol–water partition coefficient (Wildman–Crippen LogP) is 3.88. The lowest BCUT2D eigenvalue weighted by Crippen LogP contribution is -2.40. The van der Waals surface area contributed by atoms with E-state index in [4.69, 9.17) is 26.4 Å². The number of epoxide rings is 1. The fraction of sp³-hybridized carbons (Fsp3) is 0.471. The average Bonchev–Trinajstić information content (AvgIpc) is 3.11. The Morgan fingerprint density at radius 1 is 1.33 bits per heavy atom. The number of para-hydroxylation sites is 1. The van der Waals surface area contributed by atoms with Gasteiger partial charge in [0, 0.05) is 12.2 Å². The first-order valence-corrected chi connectivity index (χ1v) is 7.66. The van der Waals surface area contributed by atoms with Crippen molar-refractivity contribution in [2.45, 2.75) is 44.5 Å². The van der Waals surface area contributed by atoms with Crippen LogP contribution in [-0.2, 0) is 9.47 Å². The highest BCUT2D eigenvalue weighted by Crippen LogP contribution is 2.51. The van der Waals surface area contributed by atoms with Crippen LogP contribution < -0.4 is 4.74 Å². The van der Waals surface area contributed by atoms with Gasteiger partial charge in [0.05, 0.1) is 6.10 Å². The largest absolute Gasteiger partial charge is 0.450 e. The minimum absolute atomic E-state index is 0.0748. The Balaban J connectivity index is 1.63. The third-order valence-corrected chi connectivity index (χ3v) is 4.67. The Bertz CT molecular complexity index is 556. The van der Waals surface area contributed by atoms with E-state index < -0.39 is 0 Å². The van der Waals surface area contributed by atoms with Crippen molar-refractivity contribution in [2.24, 2.45) is 5.92 Å². The zero-order valence-electron chi connectivity index (χ0n) is 12.4. The molecule has 0 radical (unpaired) electrons. The van der Waals surface area contributed by atoms with Crippen LogP contribution in [0.1, 0.15) is 26.7 Å². The van der Waals surface area contributed by atoms with Crippen molar-refractivity contribution in [2.75, 3.05) is 0 Å². The third kappa shape index (κ3) is 2.97. The summed E-state index contributed by atoms with van der Waals surface area (Å²) in [4.78, 5) is 0. The monoisotopic (exact) mass is 304 g/mol.